The van der Waals surface area contributed by atoms with E-state index in [2.05, 4.69) is 0 Å². The molecule has 3 nitrogen and oxygen atoms in total. The number of carbonyl (C=O) groups excluding carboxylic acids is 1. The van der Waals surface area contributed by atoms with Crippen LogP contribution in [0.1, 0.15) is 28.4 Å². The highest BCUT2D eigenvalue weighted by atomic mass is 19.3. The topological polar surface area (TPSA) is 49.3 Å². The maximum atomic E-state index is 13.6. The Hall–Kier alpha value is -1.49. The monoisotopic (exact) mass is 227 g/mol. The Balaban J connectivity index is 2.61. The van der Waals surface area contributed by atoms with E-state index < -0.39 is 23.6 Å². The zero-order chi connectivity index (χ0) is 11.9. The average Bonchev–Trinajstić information content (AvgIpc) is 2.26. The maximum Gasteiger partial charge on any atom is 0.317 e. The van der Waals surface area contributed by atoms with Crippen molar-refractivity contribution in [1.29, 1.82) is 0 Å². The molecular weight excluding hydrogens is 216 g/mol. The summed E-state index contributed by atoms with van der Waals surface area (Å²) in [5.74, 6) is -4.11. The molecule has 1 unspecified atom stereocenters. The van der Waals surface area contributed by atoms with Gasteiger partial charge in [-0.3, -0.25) is 4.79 Å². The van der Waals surface area contributed by atoms with E-state index >= 15 is 0 Å². The van der Waals surface area contributed by atoms with Crippen LogP contribution in [0.3, 0.4) is 0 Å². The SMILES string of the molecule is CCc1ccc2c(c1)C(F)(F)C(O)NC2=O. The van der Waals surface area contributed by atoms with E-state index in [4.69, 9.17) is 5.11 Å². The molecule has 1 aliphatic heterocycles. The standard InChI is InChI=1S/C11H11F2NO2/c1-2-6-3-4-7-8(5-6)11(12,13)10(16)14-9(7)15/h3-5,10,16H,2H2,1H3,(H,14,15). The number of carbonyl (C=O) groups is 1. The van der Waals surface area contributed by atoms with Gasteiger partial charge in [0, 0.05) is 11.1 Å². The molecule has 0 aromatic heterocycles. The molecule has 1 atom stereocenters. The van der Waals surface area contributed by atoms with Crippen LogP contribution in [0.15, 0.2) is 18.2 Å². The fourth-order valence-electron chi connectivity index (χ4n) is 1.72. The number of aryl methyl sites for hydroxylation is 1. The number of hydrogen-bond acceptors (Lipinski definition) is 2. The molecule has 86 valence electrons. The van der Waals surface area contributed by atoms with Crippen molar-refractivity contribution in [3.05, 3.63) is 34.9 Å². The molecule has 1 aromatic carbocycles. The minimum absolute atomic E-state index is 0.0764. The fraction of sp³-hybridized carbons (Fsp3) is 0.364. The first-order chi connectivity index (χ1) is 7.46. The summed E-state index contributed by atoms with van der Waals surface area (Å²) in [5.41, 5.74) is 0.232. The second kappa shape index (κ2) is 3.52. The first kappa shape index (κ1) is 11.0. The summed E-state index contributed by atoms with van der Waals surface area (Å²) in [6, 6.07) is 4.27. The van der Waals surface area contributed by atoms with Crippen LogP contribution < -0.4 is 5.32 Å². The number of fused-ring (bicyclic) bond motifs is 1. The van der Waals surface area contributed by atoms with Crippen LogP contribution in [-0.2, 0) is 12.3 Å². The minimum Gasteiger partial charge on any atom is -0.368 e. The Morgan fingerprint density at radius 1 is 1.50 bits per heavy atom. The molecule has 0 bridgehead atoms. The first-order valence-electron chi connectivity index (χ1n) is 4.97. The minimum atomic E-state index is -3.44. The molecule has 1 aliphatic rings. The molecule has 1 amide bonds. The van der Waals surface area contributed by atoms with Crippen LogP contribution >= 0.6 is 0 Å². The third-order valence-corrected chi connectivity index (χ3v) is 2.71. The molecule has 0 fully saturated rings. The van der Waals surface area contributed by atoms with Gasteiger partial charge in [0.15, 0.2) is 6.23 Å². The zero-order valence-electron chi connectivity index (χ0n) is 8.63. The van der Waals surface area contributed by atoms with Gasteiger partial charge in [-0.05, 0) is 24.1 Å². The number of alkyl halides is 2. The van der Waals surface area contributed by atoms with Crippen LogP contribution in [0, 0.1) is 0 Å². The lowest BCUT2D eigenvalue weighted by molar-refractivity contribution is -0.128. The van der Waals surface area contributed by atoms with Gasteiger partial charge in [-0.2, -0.15) is 8.78 Å². The van der Waals surface area contributed by atoms with Gasteiger partial charge in [0.2, 0.25) is 0 Å². The van der Waals surface area contributed by atoms with Crippen LogP contribution in [0.25, 0.3) is 0 Å². The van der Waals surface area contributed by atoms with Gasteiger partial charge in [-0.25, -0.2) is 0 Å². The fourth-order valence-corrected chi connectivity index (χ4v) is 1.72. The van der Waals surface area contributed by atoms with Gasteiger partial charge in [0.05, 0.1) is 0 Å². The van der Waals surface area contributed by atoms with Crippen molar-refractivity contribution in [2.75, 3.05) is 0 Å². The summed E-state index contributed by atoms with van der Waals surface area (Å²) in [4.78, 5) is 11.4. The molecule has 0 saturated heterocycles. The number of nitrogens with one attached hydrogen (secondary N) is 1. The lowest BCUT2D eigenvalue weighted by Crippen LogP contribution is -2.51. The van der Waals surface area contributed by atoms with E-state index in [0.29, 0.717) is 12.0 Å². The van der Waals surface area contributed by atoms with E-state index in [0.717, 1.165) is 0 Å². The number of halogens is 2. The predicted octanol–water partition coefficient (Wildman–Crippen LogP) is 1.40. The van der Waals surface area contributed by atoms with E-state index in [-0.39, 0.29) is 5.56 Å². The van der Waals surface area contributed by atoms with Crippen LogP contribution in [0.4, 0.5) is 8.78 Å². The summed E-state index contributed by atoms with van der Waals surface area (Å²) in [5, 5.41) is 11.0. The highest BCUT2D eigenvalue weighted by molar-refractivity contribution is 5.97. The Morgan fingerprint density at radius 2 is 2.19 bits per heavy atom. The van der Waals surface area contributed by atoms with Gasteiger partial charge >= 0.3 is 5.92 Å². The number of benzene rings is 1. The summed E-state index contributed by atoms with van der Waals surface area (Å²) in [6.45, 7) is 1.83. The van der Waals surface area contributed by atoms with Crippen LogP contribution in [0.5, 0.6) is 0 Å². The van der Waals surface area contributed by atoms with Crippen molar-refractivity contribution < 1.29 is 18.7 Å². The number of rotatable bonds is 1. The predicted molar refractivity (Wildman–Crippen MR) is 53.2 cm³/mol. The van der Waals surface area contributed by atoms with Crippen molar-refractivity contribution >= 4 is 5.91 Å². The third kappa shape index (κ3) is 1.48. The molecule has 0 saturated carbocycles. The van der Waals surface area contributed by atoms with Gasteiger partial charge in [-0.15, -0.1) is 0 Å². The zero-order valence-corrected chi connectivity index (χ0v) is 8.63. The van der Waals surface area contributed by atoms with Crippen molar-refractivity contribution in [1.82, 2.24) is 5.32 Å². The van der Waals surface area contributed by atoms with Crippen molar-refractivity contribution in [2.45, 2.75) is 25.5 Å². The summed E-state index contributed by atoms with van der Waals surface area (Å²) >= 11 is 0. The molecule has 1 aromatic rings. The van der Waals surface area contributed by atoms with Gasteiger partial charge in [-0.1, -0.05) is 13.0 Å². The number of aliphatic hydroxyl groups excluding tert-OH is 1. The average molecular weight is 227 g/mol. The van der Waals surface area contributed by atoms with E-state index in [1.54, 1.807) is 6.07 Å². The molecule has 2 rings (SSSR count). The lowest BCUT2D eigenvalue weighted by atomic mass is 9.93. The third-order valence-electron chi connectivity index (χ3n) is 2.71. The molecule has 1 heterocycles. The Labute approximate surface area is 91.1 Å². The smallest absolute Gasteiger partial charge is 0.317 e. The van der Waals surface area contributed by atoms with Gasteiger partial charge in [0.25, 0.3) is 5.91 Å². The molecule has 0 radical (unpaired) electrons. The van der Waals surface area contributed by atoms with E-state index in [1.807, 2.05) is 12.2 Å². The van der Waals surface area contributed by atoms with Crippen LogP contribution in [0.2, 0.25) is 0 Å². The molecule has 0 spiro atoms. The molecule has 16 heavy (non-hydrogen) atoms. The number of amides is 1. The van der Waals surface area contributed by atoms with Crippen LogP contribution in [-0.4, -0.2) is 17.2 Å². The second-order valence-corrected chi connectivity index (χ2v) is 3.73. The Bertz CT molecular complexity index is 446. The normalized spacial score (nSPS) is 22.5. The van der Waals surface area contributed by atoms with Crippen molar-refractivity contribution in [3.8, 4) is 0 Å². The molecule has 5 heteroatoms. The quantitative estimate of drug-likeness (QED) is 0.762. The lowest BCUT2D eigenvalue weighted by Gasteiger charge is -2.30. The van der Waals surface area contributed by atoms with E-state index in [9.17, 15) is 13.6 Å². The first-order valence-corrected chi connectivity index (χ1v) is 4.97. The Morgan fingerprint density at radius 3 is 2.81 bits per heavy atom. The number of hydrogen-bond donors (Lipinski definition) is 2. The van der Waals surface area contributed by atoms with Crippen molar-refractivity contribution in [3.63, 3.8) is 0 Å². The maximum absolute atomic E-state index is 13.6. The second-order valence-electron chi connectivity index (χ2n) is 3.73. The summed E-state index contributed by atoms with van der Waals surface area (Å²) in [6.07, 6.45) is -1.55. The summed E-state index contributed by atoms with van der Waals surface area (Å²) in [7, 11) is 0. The molecule has 0 aliphatic carbocycles. The highest BCUT2D eigenvalue weighted by Crippen LogP contribution is 2.36. The van der Waals surface area contributed by atoms with Gasteiger partial charge < -0.3 is 10.4 Å². The highest BCUT2D eigenvalue weighted by Gasteiger charge is 2.47. The summed E-state index contributed by atoms with van der Waals surface area (Å²) < 4.78 is 27.2. The molecular formula is C11H11F2NO2. The number of aliphatic hydroxyl groups is 1. The Kier molecular flexibility index (Phi) is 2.42. The van der Waals surface area contributed by atoms with Crippen molar-refractivity contribution in [2.24, 2.45) is 0 Å². The molecule has 2 N–H and O–H groups in total. The largest absolute Gasteiger partial charge is 0.368 e. The van der Waals surface area contributed by atoms with Gasteiger partial charge in [0.1, 0.15) is 0 Å². The van der Waals surface area contributed by atoms with E-state index in [1.165, 1.54) is 12.1 Å².